The molecule has 22 heavy (non-hydrogen) atoms. The van der Waals surface area contributed by atoms with Gasteiger partial charge in [0.25, 0.3) is 5.91 Å². The van der Waals surface area contributed by atoms with Crippen LogP contribution < -0.4 is 4.90 Å². The Morgan fingerprint density at radius 2 is 2.14 bits per heavy atom. The quantitative estimate of drug-likeness (QED) is 0.776. The normalized spacial score (nSPS) is 31.3. The van der Waals surface area contributed by atoms with Crippen molar-refractivity contribution in [1.82, 2.24) is 14.8 Å². The number of anilines is 1. The summed E-state index contributed by atoms with van der Waals surface area (Å²) < 4.78 is 0. The molecule has 2 atom stereocenters. The van der Waals surface area contributed by atoms with E-state index in [0.29, 0.717) is 13.1 Å². The van der Waals surface area contributed by atoms with Crippen LogP contribution in [0, 0.1) is 0 Å². The van der Waals surface area contributed by atoms with Gasteiger partial charge in [-0.3, -0.25) is 9.69 Å². The molecule has 0 unspecified atom stereocenters. The summed E-state index contributed by atoms with van der Waals surface area (Å²) in [6, 6.07) is 5.68. The third-order valence-electron chi connectivity index (χ3n) is 5.26. The highest BCUT2D eigenvalue weighted by molar-refractivity contribution is 6.07. The van der Waals surface area contributed by atoms with Crippen molar-refractivity contribution in [2.45, 2.75) is 37.8 Å². The average Bonchev–Trinajstić information content (AvgIpc) is 3.19. The minimum absolute atomic E-state index is 0.0112. The minimum atomic E-state index is -0.602. The highest BCUT2D eigenvalue weighted by Gasteiger charge is 2.58. The molecule has 3 amide bonds. The van der Waals surface area contributed by atoms with E-state index < -0.39 is 5.54 Å². The molecule has 3 aliphatic heterocycles. The van der Waals surface area contributed by atoms with Crippen molar-refractivity contribution >= 4 is 17.8 Å². The number of urea groups is 1. The molecule has 0 bridgehead atoms. The maximum absolute atomic E-state index is 12.8. The molecule has 3 aliphatic rings. The second-order valence-electron chi connectivity index (χ2n) is 6.56. The summed E-state index contributed by atoms with van der Waals surface area (Å²) >= 11 is 0. The molecular weight excluding hydrogens is 280 g/mol. The van der Waals surface area contributed by atoms with Gasteiger partial charge < -0.3 is 9.80 Å². The lowest BCUT2D eigenvalue weighted by Crippen LogP contribution is -2.45. The van der Waals surface area contributed by atoms with Crippen LogP contribution in [-0.4, -0.2) is 57.9 Å². The first kappa shape index (κ1) is 13.5. The summed E-state index contributed by atoms with van der Waals surface area (Å²) in [5.74, 6) is 0.902. The van der Waals surface area contributed by atoms with Crippen molar-refractivity contribution in [3.05, 3.63) is 24.4 Å². The van der Waals surface area contributed by atoms with Gasteiger partial charge in [0, 0.05) is 25.8 Å². The predicted molar refractivity (Wildman–Crippen MR) is 81.4 cm³/mol. The van der Waals surface area contributed by atoms with Gasteiger partial charge in [-0.2, -0.15) is 0 Å². The van der Waals surface area contributed by atoms with Crippen LogP contribution in [0.2, 0.25) is 0 Å². The number of hydrogen-bond donors (Lipinski definition) is 0. The lowest BCUT2D eigenvalue weighted by Gasteiger charge is -2.24. The Morgan fingerprint density at radius 1 is 1.27 bits per heavy atom. The first-order valence-electron chi connectivity index (χ1n) is 7.92. The third-order valence-corrected chi connectivity index (χ3v) is 5.26. The molecule has 0 spiro atoms. The molecule has 0 aromatic carbocycles. The van der Waals surface area contributed by atoms with Crippen molar-refractivity contribution in [3.63, 3.8) is 0 Å². The van der Waals surface area contributed by atoms with Crippen molar-refractivity contribution in [1.29, 1.82) is 0 Å². The lowest BCUT2D eigenvalue weighted by molar-refractivity contribution is -0.133. The number of carbonyl (C=O) groups is 2. The minimum Gasteiger partial charge on any atom is -0.354 e. The zero-order valence-electron chi connectivity index (χ0n) is 12.7. The number of amides is 3. The van der Waals surface area contributed by atoms with Gasteiger partial charge in [-0.05, 0) is 38.3 Å². The molecular formula is C16H20N4O2. The van der Waals surface area contributed by atoms with Gasteiger partial charge >= 0.3 is 6.03 Å². The van der Waals surface area contributed by atoms with Gasteiger partial charge in [-0.15, -0.1) is 0 Å². The molecule has 1 aromatic rings. The molecule has 6 nitrogen and oxygen atoms in total. The summed E-state index contributed by atoms with van der Waals surface area (Å²) in [7, 11) is 0. The Morgan fingerprint density at radius 3 is 2.86 bits per heavy atom. The van der Waals surface area contributed by atoms with E-state index in [2.05, 4.69) is 9.88 Å². The van der Waals surface area contributed by atoms with E-state index in [4.69, 9.17) is 0 Å². The lowest BCUT2D eigenvalue weighted by atomic mass is 9.99. The van der Waals surface area contributed by atoms with Crippen LogP contribution in [0.5, 0.6) is 0 Å². The van der Waals surface area contributed by atoms with Crippen LogP contribution in [0.3, 0.4) is 0 Å². The average molecular weight is 300 g/mol. The van der Waals surface area contributed by atoms with E-state index in [9.17, 15) is 9.59 Å². The van der Waals surface area contributed by atoms with Crippen LogP contribution in [0.25, 0.3) is 0 Å². The fourth-order valence-electron chi connectivity index (χ4n) is 3.99. The molecule has 0 saturated carbocycles. The number of rotatable bonds is 2. The monoisotopic (exact) mass is 300 g/mol. The summed E-state index contributed by atoms with van der Waals surface area (Å²) in [6.07, 6.45) is 4.29. The van der Waals surface area contributed by atoms with Gasteiger partial charge in [-0.1, -0.05) is 6.07 Å². The van der Waals surface area contributed by atoms with E-state index in [1.54, 1.807) is 11.1 Å². The highest BCUT2D eigenvalue weighted by Crippen LogP contribution is 2.39. The Bertz CT molecular complexity index is 620. The number of imide groups is 1. The number of aromatic nitrogens is 1. The largest absolute Gasteiger partial charge is 0.354 e. The summed E-state index contributed by atoms with van der Waals surface area (Å²) in [5, 5.41) is 0. The Hall–Kier alpha value is -2.11. The van der Waals surface area contributed by atoms with Crippen LogP contribution in [0.4, 0.5) is 10.6 Å². The molecule has 1 aromatic heterocycles. The highest BCUT2D eigenvalue weighted by atomic mass is 16.2. The van der Waals surface area contributed by atoms with Crippen LogP contribution in [-0.2, 0) is 4.79 Å². The Balaban J connectivity index is 1.54. The van der Waals surface area contributed by atoms with Crippen LogP contribution in [0.1, 0.15) is 26.2 Å². The summed E-state index contributed by atoms with van der Waals surface area (Å²) in [4.78, 5) is 35.2. The van der Waals surface area contributed by atoms with E-state index >= 15 is 0 Å². The Kier molecular flexibility index (Phi) is 2.89. The SMILES string of the molecule is C[C@@]12CCCN1C(=O)N([C@@H]1CCN(c3ccccn3)C1)C2=O. The van der Waals surface area contributed by atoms with Gasteiger partial charge in [0.2, 0.25) is 0 Å². The zero-order chi connectivity index (χ0) is 15.3. The van der Waals surface area contributed by atoms with Crippen LogP contribution in [0.15, 0.2) is 24.4 Å². The Labute approximate surface area is 129 Å². The standard InChI is InChI=1S/C16H20N4O2/c1-16-7-4-9-19(16)15(22)20(14(16)21)12-6-10-18(11-12)13-5-2-3-8-17-13/h2-3,5,8,12H,4,6-7,9-11H2,1H3/t12-,16+/m1/s1. The van der Waals surface area contributed by atoms with Crippen LogP contribution >= 0.6 is 0 Å². The molecule has 3 fully saturated rings. The summed E-state index contributed by atoms with van der Waals surface area (Å²) in [5.41, 5.74) is -0.602. The molecule has 0 N–H and O–H groups in total. The molecule has 0 radical (unpaired) electrons. The maximum Gasteiger partial charge on any atom is 0.327 e. The fraction of sp³-hybridized carbons (Fsp3) is 0.562. The topological polar surface area (TPSA) is 56.8 Å². The van der Waals surface area contributed by atoms with Crippen molar-refractivity contribution in [3.8, 4) is 0 Å². The second-order valence-corrected chi connectivity index (χ2v) is 6.56. The van der Waals surface area contributed by atoms with Gasteiger partial charge in [0.05, 0.1) is 6.04 Å². The molecule has 116 valence electrons. The van der Waals surface area contributed by atoms with Gasteiger partial charge in [0.1, 0.15) is 11.4 Å². The molecule has 3 saturated heterocycles. The molecule has 4 heterocycles. The number of fused-ring (bicyclic) bond motifs is 1. The number of nitrogens with zero attached hydrogens (tertiary/aromatic N) is 4. The van der Waals surface area contributed by atoms with Gasteiger partial charge in [-0.25, -0.2) is 9.78 Å². The van der Waals surface area contributed by atoms with Crippen molar-refractivity contribution < 1.29 is 9.59 Å². The zero-order valence-corrected chi connectivity index (χ0v) is 12.7. The first-order valence-corrected chi connectivity index (χ1v) is 7.92. The van der Waals surface area contributed by atoms with E-state index in [-0.39, 0.29) is 18.0 Å². The van der Waals surface area contributed by atoms with Gasteiger partial charge in [0.15, 0.2) is 0 Å². The van der Waals surface area contributed by atoms with E-state index in [1.807, 2.05) is 25.1 Å². The number of pyridine rings is 1. The van der Waals surface area contributed by atoms with E-state index in [0.717, 1.165) is 31.6 Å². The maximum atomic E-state index is 12.8. The van der Waals surface area contributed by atoms with E-state index in [1.165, 1.54) is 4.90 Å². The smallest absolute Gasteiger partial charge is 0.327 e. The number of carbonyl (C=O) groups excluding carboxylic acids is 2. The second kappa shape index (κ2) is 4.69. The predicted octanol–water partition coefficient (Wildman–Crippen LogP) is 1.48. The first-order chi connectivity index (χ1) is 10.6. The fourth-order valence-corrected chi connectivity index (χ4v) is 3.99. The van der Waals surface area contributed by atoms with Crippen molar-refractivity contribution in [2.75, 3.05) is 24.5 Å². The third kappa shape index (κ3) is 1.76. The molecule has 6 heteroatoms. The molecule has 4 rings (SSSR count). The number of hydrogen-bond acceptors (Lipinski definition) is 4. The van der Waals surface area contributed by atoms with Crippen molar-refractivity contribution in [2.24, 2.45) is 0 Å². The molecule has 0 aliphatic carbocycles. The summed E-state index contributed by atoms with van der Waals surface area (Å²) in [6.45, 7) is 4.12.